The van der Waals surface area contributed by atoms with Gasteiger partial charge >= 0.3 is 348 Å². The number of hydrogen-bond donors (Lipinski definition) is 0. The molecule has 0 radical (unpaired) electrons. The van der Waals surface area contributed by atoms with Crippen LogP contribution in [0.15, 0.2) is 170 Å². The molecule has 0 N–H and O–H groups in total. The first-order valence-corrected chi connectivity index (χ1v) is 32.1. The first kappa shape index (κ1) is 39.3. The van der Waals surface area contributed by atoms with Crippen molar-refractivity contribution < 1.29 is 41.9 Å². The van der Waals surface area contributed by atoms with Gasteiger partial charge in [0, 0.05) is 0 Å². The first-order chi connectivity index (χ1) is 27.6. The molecule has 0 fully saturated rings. The molecule has 0 atom stereocenters. The molecular weight excluding hydrogens is 1080 g/mol. The molecule has 4 aliphatic carbocycles. The molecular formula is C54H42Cl2Hf2. The van der Waals surface area contributed by atoms with E-state index in [0.717, 1.165) is 25.7 Å². The van der Waals surface area contributed by atoms with E-state index in [2.05, 4.69) is 170 Å². The van der Waals surface area contributed by atoms with E-state index in [9.17, 15) is 0 Å². The van der Waals surface area contributed by atoms with E-state index in [4.69, 9.17) is 8.52 Å². The van der Waals surface area contributed by atoms with Crippen LogP contribution in [0.5, 0.6) is 0 Å². The van der Waals surface area contributed by atoms with E-state index in [0.29, 0.717) is 0 Å². The summed E-state index contributed by atoms with van der Waals surface area (Å²) in [7, 11) is 0. The summed E-state index contributed by atoms with van der Waals surface area (Å²) in [5.41, 5.74) is 23.5. The average Bonchev–Trinajstić information content (AvgIpc) is 4.03. The monoisotopic (exact) mass is 1120 g/mol. The van der Waals surface area contributed by atoms with Gasteiger partial charge in [0.25, 0.3) is 0 Å². The zero-order valence-corrected chi connectivity index (χ0v) is 41.0. The van der Waals surface area contributed by atoms with Gasteiger partial charge in [0.2, 0.25) is 0 Å². The van der Waals surface area contributed by atoms with Gasteiger partial charge in [-0.15, -0.1) is 24.8 Å². The third-order valence-electron chi connectivity index (χ3n) is 12.7. The summed E-state index contributed by atoms with van der Waals surface area (Å²) in [6.45, 7) is 0. The standard InChI is InChI=1S/4C13H9.2CH2.2ClH.2Hf/c4*1-3-7-12-10(5-1)9-11-6-2-4-8-13(11)12;;;;;;/h4*1-5,7-8H,9H2;2*1H2;2*1H;;. The minimum absolute atomic E-state index is 0. The van der Waals surface area contributed by atoms with Crippen molar-refractivity contribution in [2.45, 2.75) is 25.7 Å². The summed E-state index contributed by atoms with van der Waals surface area (Å²) < 4.78 is 16.1. The SMILES string of the molecule is Cl.Cl.[CH2]=[Hf]([c]1cccc2c1Cc1ccccc1-2)[c]1cccc2c1Cc1ccccc1-2.[CH2]=[Hf]([c]1cccc2c1Cc1ccccc1-2)[c]1cccc2c1Cc1ccccc1-2. The van der Waals surface area contributed by atoms with Crippen LogP contribution in [0.1, 0.15) is 44.5 Å². The molecule has 8 aromatic carbocycles. The minimum atomic E-state index is -2.41. The van der Waals surface area contributed by atoms with Crippen LogP contribution >= 0.6 is 24.8 Å². The van der Waals surface area contributed by atoms with Crippen LogP contribution in [0.4, 0.5) is 0 Å². The maximum absolute atomic E-state index is 4.87. The summed E-state index contributed by atoms with van der Waals surface area (Å²) in [4.78, 5) is 0. The second-order valence-electron chi connectivity index (χ2n) is 15.6. The molecule has 0 nitrogen and oxygen atoms in total. The molecule has 4 heteroatoms. The van der Waals surface area contributed by atoms with Gasteiger partial charge < -0.3 is 0 Å². The van der Waals surface area contributed by atoms with Crippen LogP contribution in [0, 0.1) is 0 Å². The van der Waals surface area contributed by atoms with Crippen LogP contribution < -0.4 is 13.3 Å². The van der Waals surface area contributed by atoms with Gasteiger partial charge in [0.05, 0.1) is 0 Å². The predicted octanol–water partition coefficient (Wildman–Crippen LogP) is 10.5. The second kappa shape index (κ2) is 16.1. The zero-order chi connectivity index (χ0) is 37.3. The Morgan fingerprint density at radius 3 is 0.707 bits per heavy atom. The van der Waals surface area contributed by atoms with Crippen LogP contribution in [-0.4, -0.2) is 8.52 Å². The summed E-state index contributed by atoms with van der Waals surface area (Å²) in [5.74, 6) is 0. The summed E-state index contributed by atoms with van der Waals surface area (Å²) in [6, 6.07) is 63.2. The predicted molar refractivity (Wildman–Crippen MR) is 246 cm³/mol. The molecule has 8 aromatic rings. The first-order valence-electron chi connectivity index (χ1n) is 19.8. The fraction of sp³-hybridized carbons (Fsp3) is 0.0741. The Labute approximate surface area is 369 Å². The molecule has 0 aromatic heterocycles. The summed E-state index contributed by atoms with van der Waals surface area (Å²) in [6.07, 6.45) is 4.28. The Morgan fingerprint density at radius 2 is 0.466 bits per heavy atom. The molecule has 0 saturated carbocycles. The summed E-state index contributed by atoms with van der Waals surface area (Å²) >= 11 is -4.82. The Kier molecular flexibility index (Phi) is 10.9. The van der Waals surface area contributed by atoms with Crippen molar-refractivity contribution in [1.82, 2.24) is 0 Å². The van der Waals surface area contributed by atoms with Crippen molar-refractivity contribution in [3.8, 4) is 44.5 Å². The van der Waals surface area contributed by atoms with Gasteiger partial charge in [-0.05, 0) is 0 Å². The zero-order valence-electron chi connectivity index (χ0n) is 32.2. The molecule has 12 rings (SSSR count). The Bertz CT molecular complexity index is 2570. The third-order valence-corrected chi connectivity index (χ3v) is 28.8. The quantitative estimate of drug-likeness (QED) is 0.154. The van der Waals surface area contributed by atoms with Crippen molar-refractivity contribution in [2.75, 3.05) is 0 Å². The maximum atomic E-state index is 4.87. The van der Waals surface area contributed by atoms with Gasteiger partial charge in [-0.3, -0.25) is 0 Å². The Morgan fingerprint density at radius 1 is 0.259 bits per heavy atom. The molecule has 0 saturated heterocycles. The van der Waals surface area contributed by atoms with Crippen LogP contribution in [-0.2, 0) is 67.6 Å². The Hall–Kier alpha value is -4.18. The number of benzene rings is 8. The van der Waals surface area contributed by atoms with Gasteiger partial charge in [0.15, 0.2) is 0 Å². The van der Waals surface area contributed by atoms with E-state index in [1.165, 1.54) is 66.8 Å². The van der Waals surface area contributed by atoms with E-state index in [-0.39, 0.29) is 24.8 Å². The molecule has 0 spiro atoms. The van der Waals surface area contributed by atoms with Crippen molar-refractivity contribution in [1.29, 1.82) is 0 Å². The fourth-order valence-corrected chi connectivity index (χ4v) is 24.8. The third kappa shape index (κ3) is 6.47. The van der Waals surface area contributed by atoms with Crippen LogP contribution in [0.25, 0.3) is 44.5 Å². The van der Waals surface area contributed by atoms with Crippen molar-refractivity contribution in [3.63, 3.8) is 0 Å². The van der Waals surface area contributed by atoms with Gasteiger partial charge in [-0.25, -0.2) is 0 Å². The Balaban J connectivity index is 0.000000145. The van der Waals surface area contributed by atoms with Crippen LogP contribution in [0.2, 0.25) is 0 Å². The molecule has 58 heavy (non-hydrogen) atoms. The van der Waals surface area contributed by atoms with E-state index in [1.807, 2.05) is 0 Å². The second-order valence-corrected chi connectivity index (χ2v) is 30.2. The molecule has 0 heterocycles. The van der Waals surface area contributed by atoms with Gasteiger partial charge in [-0.1, -0.05) is 0 Å². The fourth-order valence-electron chi connectivity index (χ4n) is 10.1. The van der Waals surface area contributed by atoms with Crippen molar-refractivity contribution >= 4 is 46.6 Å². The van der Waals surface area contributed by atoms with E-state index < -0.39 is 41.9 Å². The number of hydrogen-bond acceptors (Lipinski definition) is 0. The van der Waals surface area contributed by atoms with E-state index in [1.54, 1.807) is 35.5 Å². The molecule has 0 unspecified atom stereocenters. The van der Waals surface area contributed by atoms with Gasteiger partial charge in [-0.2, -0.15) is 0 Å². The molecule has 280 valence electrons. The molecule has 0 amide bonds. The van der Waals surface area contributed by atoms with Gasteiger partial charge in [0.1, 0.15) is 0 Å². The number of fused-ring (bicyclic) bond motifs is 12. The van der Waals surface area contributed by atoms with Crippen molar-refractivity contribution in [3.05, 3.63) is 214 Å². The molecule has 0 bridgehead atoms. The van der Waals surface area contributed by atoms with Crippen molar-refractivity contribution in [2.24, 2.45) is 0 Å². The van der Waals surface area contributed by atoms with E-state index >= 15 is 0 Å². The average molecular weight is 1120 g/mol. The molecule has 0 aliphatic heterocycles. The topological polar surface area (TPSA) is 0 Å². The number of rotatable bonds is 4. The van der Waals surface area contributed by atoms with Crippen LogP contribution in [0.3, 0.4) is 0 Å². The summed E-state index contributed by atoms with van der Waals surface area (Å²) in [5, 5.41) is 0. The number of halogens is 2. The normalized spacial score (nSPS) is 12.4. The molecule has 4 aliphatic rings.